The van der Waals surface area contributed by atoms with E-state index >= 15 is 0 Å². The molecule has 1 unspecified atom stereocenters. The Labute approximate surface area is 118 Å². The first kappa shape index (κ1) is 14.5. The molecule has 0 saturated heterocycles. The Kier molecular flexibility index (Phi) is 3.82. The fourth-order valence-electron chi connectivity index (χ4n) is 1.91. The molecule has 0 amide bonds. The average Bonchev–Trinajstić information content (AvgIpc) is 2.85. The first-order valence-electron chi connectivity index (χ1n) is 6.08. The van der Waals surface area contributed by atoms with Gasteiger partial charge in [0, 0.05) is 25.9 Å². The highest BCUT2D eigenvalue weighted by Crippen LogP contribution is 2.30. The predicted octanol–water partition coefficient (Wildman–Crippen LogP) is 1.51. The van der Waals surface area contributed by atoms with Gasteiger partial charge in [-0.05, 0) is 13.0 Å². The average molecular weight is 295 g/mol. The van der Waals surface area contributed by atoms with Crippen LogP contribution in [-0.4, -0.2) is 34.4 Å². The Morgan fingerprint density at radius 1 is 1.35 bits per heavy atom. The fraction of sp³-hybridized carbons (Fsp3) is 0.308. The number of phenols is 1. The molecule has 2 aromatic rings. The van der Waals surface area contributed by atoms with E-state index in [0.717, 1.165) is 0 Å². The first-order valence-corrected chi connectivity index (χ1v) is 7.52. The SMILES string of the molecule is CC(c1ccccc1O)N(C)S(=O)(=O)c1cn(C)cn1. The molecule has 1 N–H and O–H groups in total. The number of aromatic hydroxyl groups is 1. The Bertz CT molecular complexity index is 709. The van der Waals surface area contributed by atoms with Crippen molar-refractivity contribution in [1.29, 1.82) is 0 Å². The monoisotopic (exact) mass is 295 g/mol. The number of aryl methyl sites for hydroxylation is 1. The Hall–Kier alpha value is -1.86. The molecule has 0 fully saturated rings. The van der Waals surface area contributed by atoms with Gasteiger partial charge in [0.05, 0.1) is 12.4 Å². The van der Waals surface area contributed by atoms with E-state index < -0.39 is 16.1 Å². The van der Waals surface area contributed by atoms with Crippen LogP contribution in [-0.2, 0) is 17.1 Å². The minimum Gasteiger partial charge on any atom is -0.508 e. The maximum atomic E-state index is 12.4. The van der Waals surface area contributed by atoms with Gasteiger partial charge >= 0.3 is 0 Å². The summed E-state index contributed by atoms with van der Waals surface area (Å²) in [5, 5.41) is 9.82. The highest BCUT2D eigenvalue weighted by Gasteiger charge is 2.29. The summed E-state index contributed by atoms with van der Waals surface area (Å²) >= 11 is 0. The van der Waals surface area contributed by atoms with E-state index in [-0.39, 0.29) is 10.8 Å². The van der Waals surface area contributed by atoms with Crippen molar-refractivity contribution in [2.24, 2.45) is 7.05 Å². The highest BCUT2D eigenvalue weighted by atomic mass is 32.2. The van der Waals surface area contributed by atoms with Crippen molar-refractivity contribution in [3.63, 3.8) is 0 Å². The number of rotatable bonds is 4. The van der Waals surface area contributed by atoms with Gasteiger partial charge in [0.2, 0.25) is 0 Å². The highest BCUT2D eigenvalue weighted by molar-refractivity contribution is 7.89. The van der Waals surface area contributed by atoms with Gasteiger partial charge in [-0.2, -0.15) is 4.31 Å². The van der Waals surface area contributed by atoms with Crippen LogP contribution in [0.5, 0.6) is 5.75 Å². The largest absolute Gasteiger partial charge is 0.508 e. The third-order valence-corrected chi connectivity index (χ3v) is 5.07. The number of phenolic OH excluding ortho intramolecular Hbond substituents is 1. The molecule has 2 rings (SSSR count). The molecule has 7 heteroatoms. The number of benzene rings is 1. The number of hydrogen-bond donors (Lipinski definition) is 1. The topological polar surface area (TPSA) is 75.4 Å². The summed E-state index contributed by atoms with van der Waals surface area (Å²) in [5.74, 6) is 0.0723. The molecule has 1 aromatic carbocycles. The molecule has 1 heterocycles. The lowest BCUT2D eigenvalue weighted by atomic mass is 10.1. The van der Waals surface area contributed by atoms with E-state index in [2.05, 4.69) is 4.98 Å². The van der Waals surface area contributed by atoms with E-state index in [1.54, 1.807) is 36.7 Å². The van der Waals surface area contributed by atoms with Crippen LogP contribution in [0.3, 0.4) is 0 Å². The van der Waals surface area contributed by atoms with Crippen LogP contribution in [0.15, 0.2) is 41.8 Å². The molecule has 6 nitrogen and oxygen atoms in total. The van der Waals surface area contributed by atoms with Gasteiger partial charge in [0.15, 0.2) is 5.03 Å². The quantitative estimate of drug-likeness (QED) is 0.927. The lowest BCUT2D eigenvalue weighted by Crippen LogP contribution is -2.30. The van der Waals surface area contributed by atoms with Crippen LogP contribution in [0.4, 0.5) is 0 Å². The van der Waals surface area contributed by atoms with Crippen molar-refractivity contribution in [2.75, 3.05) is 7.05 Å². The van der Waals surface area contributed by atoms with Crippen LogP contribution in [0.1, 0.15) is 18.5 Å². The van der Waals surface area contributed by atoms with Gasteiger partial charge in [-0.1, -0.05) is 18.2 Å². The zero-order valence-electron chi connectivity index (χ0n) is 11.6. The van der Waals surface area contributed by atoms with Crippen molar-refractivity contribution in [3.8, 4) is 5.75 Å². The van der Waals surface area contributed by atoms with E-state index in [1.165, 1.54) is 29.9 Å². The molecular formula is C13H17N3O3S. The lowest BCUT2D eigenvalue weighted by Gasteiger charge is -2.24. The number of aromatic nitrogens is 2. The van der Waals surface area contributed by atoms with Crippen molar-refractivity contribution >= 4 is 10.0 Å². The normalized spacial score (nSPS) is 13.6. The van der Waals surface area contributed by atoms with Crippen LogP contribution in [0.25, 0.3) is 0 Å². The van der Waals surface area contributed by atoms with Crippen molar-refractivity contribution < 1.29 is 13.5 Å². The number of para-hydroxylation sites is 1. The summed E-state index contributed by atoms with van der Waals surface area (Å²) in [7, 11) is -0.512. The summed E-state index contributed by atoms with van der Waals surface area (Å²) in [6.45, 7) is 1.72. The number of nitrogens with zero attached hydrogens (tertiary/aromatic N) is 3. The van der Waals surface area contributed by atoms with Crippen LogP contribution < -0.4 is 0 Å². The summed E-state index contributed by atoms with van der Waals surface area (Å²) in [4.78, 5) is 3.88. The maximum absolute atomic E-state index is 12.4. The summed E-state index contributed by atoms with van der Waals surface area (Å²) < 4.78 is 27.7. The number of hydrogen-bond acceptors (Lipinski definition) is 4. The molecule has 0 aliphatic heterocycles. The zero-order valence-corrected chi connectivity index (χ0v) is 12.4. The first-order chi connectivity index (χ1) is 9.34. The lowest BCUT2D eigenvalue weighted by molar-refractivity contribution is 0.380. The molecule has 0 radical (unpaired) electrons. The summed E-state index contributed by atoms with van der Waals surface area (Å²) in [5.41, 5.74) is 0.550. The minimum absolute atomic E-state index is 0.00947. The molecule has 108 valence electrons. The number of imidazole rings is 1. The molecule has 0 saturated carbocycles. The van der Waals surface area contributed by atoms with Crippen molar-refractivity contribution in [1.82, 2.24) is 13.9 Å². The van der Waals surface area contributed by atoms with E-state index in [4.69, 9.17) is 0 Å². The molecule has 20 heavy (non-hydrogen) atoms. The van der Waals surface area contributed by atoms with Gasteiger partial charge in [-0.3, -0.25) is 0 Å². The van der Waals surface area contributed by atoms with E-state index in [9.17, 15) is 13.5 Å². The minimum atomic E-state index is -3.69. The molecule has 1 atom stereocenters. The van der Waals surface area contributed by atoms with Crippen molar-refractivity contribution in [2.45, 2.75) is 18.0 Å². The van der Waals surface area contributed by atoms with Crippen LogP contribution >= 0.6 is 0 Å². The van der Waals surface area contributed by atoms with E-state index in [0.29, 0.717) is 5.56 Å². The number of sulfonamides is 1. The third kappa shape index (κ3) is 2.54. The predicted molar refractivity (Wildman–Crippen MR) is 74.7 cm³/mol. The van der Waals surface area contributed by atoms with Crippen molar-refractivity contribution in [3.05, 3.63) is 42.4 Å². The molecule has 0 aliphatic rings. The zero-order chi connectivity index (χ0) is 14.9. The third-order valence-electron chi connectivity index (χ3n) is 3.26. The van der Waals surface area contributed by atoms with Crippen LogP contribution in [0.2, 0.25) is 0 Å². The molecule has 0 aliphatic carbocycles. The van der Waals surface area contributed by atoms with Gasteiger partial charge < -0.3 is 9.67 Å². The second-order valence-corrected chi connectivity index (χ2v) is 6.58. The Morgan fingerprint density at radius 3 is 2.55 bits per heavy atom. The van der Waals surface area contributed by atoms with Crippen LogP contribution in [0, 0.1) is 0 Å². The Morgan fingerprint density at radius 2 is 2.00 bits per heavy atom. The fourth-order valence-corrected chi connectivity index (χ4v) is 3.22. The standard InChI is InChI=1S/C13H17N3O3S/c1-10(11-6-4-5-7-12(11)17)16(3)20(18,19)13-8-15(2)9-14-13/h4-10,17H,1-3H3. The molecule has 0 bridgehead atoms. The molecule has 1 aromatic heterocycles. The van der Waals surface area contributed by atoms with Gasteiger partial charge in [-0.25, -0.2) is 13.4 Å². The van der Waals surface area contributed by atoms with Gasteiger partial charge in [0.1, 0.15) is 5.75 Å². The molecular weight excluding hydrogens is 278 g/mol. The second-order valence-electron chi connectivity index (χ2n) is 4.63. The van der Waals surface area contributed by atoms with Gasteiger partial charge in [-0.15, -0.1) is 0 Å². The molecule has 0 spiro atoms. The maximum Gasteiger partial charge on any atom is 0.262 e. The Balaban J connectivity index is 2.36. The summed E-state index contributed by atoms with van der Waals surface area (Å²) in [6, 6.07) is 6.19. The van der Waals surface area contributed by atoms with E-state index in [1.807, 2.05) is 0 Å². The second kappa shape index (κ2) is 5.26. The summed E-state index contributed by atoms with van der Waals surface area (Å²) in [6.07, 6.45) is 2.88. The smallest absolute Gasteiger partial charge is 0.262 e. The van der Waals surface area contributed by atoms with Gasteiger partial charge in [0.25, 0.3) is 10.0 Å².